The fraction of sp³-hybridized carbons (Fsp3) is 0.286. The Morgan fingerprint density at radius 1 is 1.28 bits per heavy atom. The second kappa shape index (κ2) is 3.98. The Hall–Kier alpha value is -2.10. The van der Waals surface area contributed by atoms with Gasteiger partial charge in [0.2, 0.25) is 0 Å². The molecule has 1 fully saturated rings. The van der Waals surface area contributed by atoms with Crippen molar-refractivity contribution in [2.45, 2.75) is 26.3 Å². The summed E-state index contributed by atoms with van der Waals surface area (Å²) in [5, 5.41) is 17.7. The van der Waals surface area contributed by atoms with E-state index in [1.165, 1.54) is 6.92 Å². The third kappa shape index (κ3) is 1.61. The largest absolute Gasteiger partial charge is 0.512 e. The maximum Gasteiger partial charge on any atom is 0.264 e. The molecule has 2 rings (SSSR count). The molecule has 1 saturated heterocycles. The summed E-state index contributed by atoms with van der Waals surface area (Å²) in [4.78, 5) is 13.9. The highest BCUT2D eigenvalue weighted by molar-refractivity contribution is 6.36. The van der Waals surface area contributed by atoms with Gasteiger partial charge in [0.15, 0.2) is 0 Å². The number of benzene rings is 1. The zero-order chi connectivity index (χ0) is 13.5. The minimum Gasteiger partial charge on any atom is -0.512 e. The Balaban J connectivity index is 2.60. The van der Waals surface area contributed by atoms with Gasteiger partial charge < -0.3 is 10.5 Å². The van der Waals surface area contributed by atoms with Crippen LogP contribution in [-0.4, -0.2) is 22.3 Å². The first-order valence-electron chi connectivity index (χ1n) is 5.76. The first-order valence-corrected chi connectivity index (χ1v) is 5.76. The van der Waals surface area contributed by atoms with E-state index in [2.05, 4.69) is 0 Å². The van der Waals surface area contributed by atoms with Crippen molar-refractivity contribution in [3.05, 3.63) is 41.7 Å². The number of hydrogen-bond acceptors (Lipinski definition) is 3. The van der Waals surface area contributed by atoms with Crippen LogP contribution in [0.1, 0.15) is 20.8 Å². The monoisotopic (exact) mass is 244 g/mol. The maximum atomic E-state index is 12.3. The summed E-state index contributed by atoms with van der Waals surface area (Å²) in [6.45, 7) is 5.04. The van der Waals surface area contributed by atoms with Crippen molar-refractivity contribution >= 4 is 17.3 Å². The first kappa shape index (κ1) is 12.4. The third-order valence-corrected chi connectivity index (χ3v) is 3.21. The van der Waals surface area contributed by atoms with Gasteiger partial charge >= 0.3 is 0 Å². The molecule has 2 N–H and O–H groups in total. The molecule has 0 unspecified atom stereocenters. The summed E-state index contributed by atoms with van der Waals surface area (Å²) in [7, 11) is 0. The molecule has 4 nitrogen and oxygen atoms in total. The number of amides is 1. The van der Waals surface area contributed by atoms with Gasteiger partial charge in [0.25, 0.3) is 5.91 Å². The summed E-state index contributed by atoms with van der Waals surface area (Å²) in [5.41, 5.74) is 0.228. The molecule has 1 aromatic carbocycles. The normalized spacial score (nSPS) is 21.4. The van der Waals surface area contributed by atoms with Crippen molar-refractivity contribution in [1.82, 2.24) is 0 Å². The molecule has 1 heterocycles. The van der Waals surface area contributed by atoms with Gasteiger partial charge in [0.05, 0.1) is 11.3 Å². The van der Waals surface area contributed by atoms with Gasteiger partial charge in [0, 0.05) is 5.69 Å². The van der Waals surface area contributed by atoms with E-state index in [0.29, 0.717) is 0 Å². The molecule has 0 radical (unpaired) electrons. The molecule has 4 heteroatoms. The fourth-order valence-electron chi connectivity index (χ4n) is 2.24. The van der Waals surface area contributed by atoms with Gasteiger partial charge in [-0.25, -0.2) is 0 Å². The third-order valence-electron chi connectivity index (χ3n) is 3.21. The molecule has 0 bridgehead atoms. The summed E-state index contributed by atoms with van der Waals surface area (Å²) in [6.07, 6.45) is 0. The van der Waals surface area contributed by atoms with Gasteiger partial charge in [-0.2, -0.15) is 0 Å². The number of carbonyl (C=O) groups is 1. The number of aliphatic hydroxyl groups is 1. The number of para-hydroxylation sites is 1. The molecule has 0 atom stereocenters. The first-order chi connectivity index (χ1) is 8.37. The second-order valence-corrected chi connectivity index (χ2v) is 4.87. The standard InChI is InChI=1S/C14H16N2O2/c1-9(17)11-12(15)14(2,3)16(13(11)18)10-7-5-4-6-8-10/h4-8,15,17H,1-3H3/b11-9-,15-12?. The summed E-state index contributed by atoms with van der Waals surface area (Å²) < 4.78 is 0. The number of nitrogens with zero attached hydrogens (tertiary/aromatic N) is 1. The Kier molecular flexibility index (Phi) is 2.73. The van der Waals surface area contributed by atoms with Crippen LogP contribution < -0.4 is 4.90 Å². The Bertz CT molecular complexity index is 540. The van der Waals surface area contributed by atoms with Crippen LogP contribution in [0, 0.1) is 5.41 Å². The number of anilines is 1. The average molecular weight is 244 g/mol. The quantitative estimate of drug-likeness (QED) is 0.589. The predicted molar refractivity (Wildman–Crippen MR) is 71.1 cm³/mol. The van der Waals surface area contributed by atoms with Crippen molar-refractivity contribution in [2.24, 2.45) is 0 Å². The molecule has 0 aromatic heterocycles. The minimum atomic E-state index is -0.752. The van der Waals surface area contributed by atoms with E-state index in [9.17, 15) is 9.90 Å². The number of aliphatic hydroxyl groups excluding tert-OH is 1. The molecular formula is C14H16N2O2. The molecule has 0 saturated carbocycles. The molecular weight excluding hydrogens is 228 g/mol. The molecule has 0 spiro atoms. The lowest BCUT2D eigenvalue weighted by Crippen LogP contribution is -2.44. The van der Waals surface area contributed by atoms with Crippen molar-refractivity contribution in [2.75, 3.05) is 4.90 Å². The number of allylic oxidation sites excluding steroid dienone is 1. The highest BCUT2D eigenvalue weighted by Crippen LogP contribution is 2.35. The lowest BCUT2D eigenvalue weighted by molar-refractivity contribution is -0.114. The number of carbonyl (C=O) groups excluding carboxylic acids is 1. The predicted octanol–water partition coefficient (Wildman–Crippen LogP) is 2.66. The summed E-state index contributed by atoms with van der Waals surface area (Å²) in [5.74, 6) is -0.423. The van der Waals surface area contributed by atoms with Crippen LogP contribution in [0.3, 0.4) is 0 Å². The van der Waals surface area contributed by atoms with Gasteiger partial charge in [-0.1, -0.05) is 18.2 Å². The van der Waals surface area contributed by atoms with E-state index in [4.69, 9.17) is 5.41 Å². The lowest BCUT2D eigenvalue weighted by Gasteiger charge is -2.30. The van der Waals surface area contributed by atoms with Crippen molar-refractivity contribution < 1.29 is 9.90 Å². The van der Waals surface area contributed by atoms with Crippen LogP contribution in [0.4, 0.5) is 5.69 Å². The van der Waals surface area contributed by atoms with E-state index in [1.54, 1.807) is 18.7 Å². The SMILES string of the molecule is C/C(O)=C1\C(=N)C(C)(C)N(c2ccccc2)C1=O. The van der Waals surface area contributed by atoms with Crippen LogP contribution in [0.2, 0.25) is 0 Å². The number of hydrogen-bond donors (Lipinski definition) is 2. The number of nitrogens with one attached hydrogen (secondary N) is 1. The van der Waals surface area contributed by atoms with Crippen LogP contribution in [0.25, 0.3) is 0 Å². The molecule has 1 aromatic rings. The van der Waals surface area contributed by atoms with Crippen molar-refractivity contribution in [1.29, 1.82) is 5.41 Å². The minimum absolute atomic E-state index is 0.100. The zero-order valence-corrected chi connectivity index (χ0v) is 10.7. The molecule has 1 amide bonds. The lowest BCUT2D eigenvalue weighted by atomic mass is 9.96. The van der Waals surface area contributed by atoms with Crippen LogP contribution >= 0.6 is 0 Å². The Morgan fingerprint density at radius 3 is 2.28 bits per heavy atom. The number of rotatable bonds is 1. The molecule has 18 heavy (non-hydrogen) atoms. The van der Waals surface area contributed by atoms with Crippen LogP contribution in [-0.2, 0) is 4.79 Å². The summed E-state index contributed by atoms with van der Waals surface area (Å²) in [6, 6.07) is 9.20. The summed E-state index contributed by atoms with van der Waals surface area (Å²) >= 11 is 0. The molecule has 1 aliphatic heterocycles. The maximum absolute atomic E-state index is 12.3. The molecule has 0 aliphatic carbocycles. The zero-order valence-electron chi connectivity index (χ0n) is 10.7. The van der Waals surface area contributed by atoms with Crippen LogP contribution in [0.5, 0.6) is 0 Å². The topological polar surface area (TPSA) is 64.4 Å². The Morgan fingerprint density at radius 2 is 1.83 bits per heavy atom. The fourth-order valence-corrected chi connectivity index (χ4v) is 2.24. The van der Waals surface area contributed by atoms with E-state index in [-0.39, 0.29) is 23.0 Å². The van der Waals surface area contributed by atoms with E-state index >= 15 is 0 Å². The molecule has 94 valence electrons. The average Bonchev–Trinajstić information content (AvgIpc) is 2.46. The highest BCUT2D eigenvalue weighted by Gasteiger charge is 2.48. The van der Waals surface area contributed by atoms with Crippen LogP contribution in [0.15, 0.2) is 41.7 Å². The van der Waals surface area contributed by atoms with E-state index in [1.807, 2.05) is 30.3 Å². The second-order valence-electron chi connectivity index (χ2n) is 4.87. The van der Waals surface area contributed by atoms with Crippen molar-refractivity contribution in [3.63, 3.8) is 0 Å². The van der Waals surface area contributed by atoms with Gasteiger partial charge in [0.1, 0.15) is 11.3 Å². The van der Waals surface area contributed by atoms with Gasteiger partial charge in [-0.15, -0.1) is 0 Å². The van der Waals surface area contributed by atoms with Gasteiger partial charge in [-0.05, 0) is 32.9 Å². The molecule has 1 aliphatic rings. The highest BCUT2D eigenvalue weighted by atomic mass is 16.3. The van der Waals surface area contributed by atoms with E-state index in [0.717, 1.165) is 5.69 Å². The van der Waals surface area contributed by atoms with Crippen molar-refractivity contribution in [3.8, 4) is 0 Å². The Labute approximate surface area is 106 Å². The van der Waals surface area contributed by atoms with E-state index < -0.39 is 5.54 Å². The smallest absolute Gasteiger partial charge is 0.264 e. The van der Waals surface area contributed by atoms with Gasteiger partial charge in [-0.3, -0.25) is 9.69 Å².